The first-order chi connectivity index (χ1) is 6.90. The molecule has 0 aromatic heterocycles. The third-order valence-electron chi connectivity index (χ3n) is 2.31. The molecule has 3 heteroatoms. The Kier molecular flexibility index (Phi) is 3.78. The fraction of sp³-hybridized carbons (Fsp3) is 0.455. The lowest BCUT2D eigenvalue weighted by molar-refractivity contribution is -0.125. The monoisotopic (exact) mass is 304 g/mol. The Morgan fingerprint density at radius 3 is 2.50 bits per heavy atom. The van der Waals surface area contributed by atoms with Gasteiger partial charge in [0, 0.05) is 4.43 Å². The highest BCUT2D eigenvalue weighted by Crippen LogP contribution is 2.22. The first-order valence-electron chi connectivity index (χ1n) is 4.74. The van der Waals surface area contributed by atoms with Crippen molar-refractivity contribution in [3.8, 4) is 0 Å². The van der Waals surface area contributed by atoms with Crippen LogP contribution in [0.4, 0.5) is 0 Å². The molecule has 0 unspecified atom stereocenters. The van der Waals surface area contributed by atoms with Crippen molar-refractivity contribution in [1.29, 1.82) is 0 Å². The van der Waals surface area contributed by atoms with Gasteiger partial charge in [-0.25, -0.2) is 0 Å². The maximum atomic E-state index is 5.74. The topological polar surface area (TPSA) is 18.5 Å². The first-order valence-corrected chi connectivity index (χ1v) is 6.27. The van der Waals surface area contributed by atoms with Gasteiger partial charge in [0.05, 0.1) is 19.3 Å². The lowest BCUT2D eigenvalue weighted by Crippen LogP contribution is -2.32. The van der Waals surface area contributed by atoms with Gasteiger partial charge in [0.1, 0.15) is 6.10 Å². The van der Waals surface area contributed by atoms with Gasteiger partial charge < -0.3 is 9.47 Å². The second kappa shape index (κ2) is 5.09. The van der Waals surface area contributed by atoms with Crippen molar-refractivity contribution in [3.05, 3.63) is 35.9 Å². The molecule has 14 heavy (non-hydrogen) atoms. The summed E-state index contributed by atoms with van der Waals surface area (Å²) in [5, 5.41) is 0. The molecule has 0 bridgehead atoms. The van der Waals surface area contributed by atoms with E-state index in [4.69, 9.17) is 9.47 Å². The molecule has 1 aromatic rings. The predicted molar refractivity (Wildman–Crippen MR) is 63.8 cm³/mol. The van der Waals surface area contributed by atoms with Crippen molar-refractivity contribution >= 4 is 22.6 Å². The number of halogens is 1. The summed E-state index contributed by atoms with van der Waals surface area (Å²) in [5.41, 5.74) is 1.21. The van der Waals surface area contributed by atoms with Gasteiger partial charge in [0.25, 0.3) is 0 Å². The van der Waals surface area contributed by atoms with E-state index in [0.717, 1.165) is 4.43 Å². The van der Waals surface area contributed by atoms with E-state index in [0.29, 0.717) is 13.2 Å². The number of benzene rings is 1. The van der Waals surface area contributed by atoms with Crippen LogP contribution < -0.4 is 0 Å². The summed E-state index contributed by atoms with van der Waals surface area (Å²) < 4.78 is 12.4. The van der Waals surface area contributed by atoms with E-state index in [-0.39, 0.29) is 12.2 Å². The quantitative estimate of drug-likeness (QED) is 0.617. The van der Waals surface area contributed by atoms with E-state index in [1.54, 1.807) is 0 Å². The zero-order chi connectivity index (χ0) is 9.80. The zero-order valence-corrected chi connectivity index (χ0v) is 10.0. The van der Waals surface area contributed by atoms with E-state index in [1.807, 2.05) is 18.2 Å². The molecule has 0 spiro atoms. The molecule has 1 aliphatic heterocycles. The van der Waals surface area contributed by atoms with E-state index < -0.39 is 0 Å². The molecule has 2 atom stereocenters. The number of alkyl halides is 1. The minimum absolute atomic E-state index is 0.121. The minimum atomic E-state index is 0.121. The third-order valence-corrected chi connectivity index (χ3v) is 3.29. The predicted octanol–water partition coefficient (Wildman–Crippen LogP) is 2.58. The third kappa shape index (κ3) is 2.46. The summed E-state index contributed by atoms with van der Waals surface area (Å²) in [6.07, 6.45) is 0.394. The highest BCUT2D eigenvalue weighted by atomic mass is 127. The molecule has 1 aliphatic rings. The van der Waals surface area contributed by atoms with Crippen LogP contribution in [0.2, 0.25) is 0 Å². The molecule has 0 saturated carbocycles. The number of hydrogen-bond acceptors (Lipinski definition) is 2. The van der Waals surface area contributed by atoms with E-state index in [9.17, 15) is 0 Å². The van der Waals surface area contributed by atoms with Crippen LogP contribution in [-0.2, 0) is 9.47 Å². The summed E-state index contributed by atoms with van der Waals surface area (Å²) in [5.74, 6) is 0. The molecule has 2 rings (SSSR count). The van der Waals surface area contributed by atoms with Crippen LogP contribution in [0.5, 0.6) is 0 Å². The second-order valence-corrected chi connectivity index (χ2v) is 4.22. The first kappa shape index (κ1) is 10.4. The Balaban J connectivity index is 1.96. The Bertz CT molecular complexity index is 268. The van der Waals surface area contributed by atoms with Crippen LogP contribution in [0.15, 0.2) is 30.3 Å². The molecular formula is C11H13IO2. The van der Waals surface area contributed by atoms with Crippen molar-refractivity contribution in [2.24, 2.45) is 0 Å². The largest absolute Gasteiger partial charge is 0.372 e. The minimum Gasteiger partial charge on any atom is -0.372 e. The van der Waals surface area contributed by atoms with Gasteiger partial charge in [-0.1, -0.05) is 52.9 Å². The second-order valence-electron chi connectivity index (χ2n) is 3.34. The van der Waals surface area contributed by atoms with Crippen molar-refractivity contribution in [3.63, 3.8) is 0 Å². The van der Waals surface area contributed by atoms with Crippen molar-refractivity contribution in [2.45, 2.75) is 12.2 Å². The Morgan fingerprint density at radius 2 is 1.93 bits per heavy atom. The summed E-state index contributed by atoms with van der Waals surface area (Å²) >= 11 is 2.32. The molecule has 0 radical (unpaired) electrons. The van der Waals surface area contributed by atoms with Crippen LogP contribution in [0, 0.1) is 0 Å². The highest BCUT2D eigenvalue weighted by molar-refractivity contribution is 14.1. The van der Waals surface area contributed by atoms with Gasteiger partial charge >= 0.3 is 0 Å². The molecule has 1 saturated heterocycles. The summed E-state index contributed by atoms with van der Waals surface area (Å²) in [6.45, 7) is 1.39. The normalized spacial score (nSPS) is 27.5. The smallest absolute Gasteiger partial charge is 0.106 e. The molecule has 1 fully saturated rings. The van der Waals surface area contributed by atoms with E-state index in [2.05, 4.69) is 34.7 Å². The Hall–Kier alpha value is -0.130. The van der Waals surface area contributed by atoms with Crippen LogP contribution in [0.1, 0.15) is 11.7 Å². The summed E-state index contributed by atoms with van der Waals surface area (Å²) in [7, 11) is 0. The average Bonchev–Trinajstić information content (AvgIpc) is 2.30. The molecule has 2 nitrogen and oxygen atoms in total. The summed E-state index contributed by atoms with van der Waals surface area (Å²) in [6, 6.07) is 10.2. The lowest BCUT2D eigenvalue weighted by Gasteiger charge is -2.28. The molecule has 0 amide bonds. The van der Waals surface area contributed by atoms with Crippen LogP contribution in [0.3, 0.4) is 0 Å². The number of rotatable bonds is 2. The van der Waals surface area contributed by atoms with Gasteiger partial charge in [0.15, 0.2) is 0 Å². The van der Waals surface area contributed by atoms with Crippen molar-refractivity contribution in [1.82, 2.24) is 0 Å². The van der Waals surface area contributed by atoms with Gasteiger partial charge in [-0.2, -0.15) is 0 Å². The standard InChI is InChI=1S/C11H13IO2/c12-6-10-7-14-11(8-13-10)9-4-2-1-3-5-9/h1-5,10-11H,6-8H2/t10-,11-/m1/s1. The van der Waals surface area contributed by atoms with Crippen molar-refractivity contribution < 1.29 is 9.47 Å². The fourth-order valence-corrected chi connectivity index (χ4v) is 2.00. The van der Waals surface area contributed by atoms with Crippen molar-refractivity contribution in [2.75, 3.05) is 17.6 Å². The van der Waals surface area contributed by atoms with Crippen LogP contribution in [-0.4, -0.2) is 23.7 Å². The molecule has 0 N–H and O–H groups in total. The highest BCUT2D eigenvalue weighted by Gasteiger charge is 2.22. The van der Waals surface area contributed by atoms with Gasteiger partial charge in [-0.15, -0.1) is 0 Å². The van der Waals surface area contributed by atoms with Gasteiger partial charge in [-0.3, -0.25) is 0 Å². The van der Waals surface area contributed by atoms with E-state index >= 15 is 0 Å². The molecular weight excluding hydrogens is 291 g/mol. The van der Waals surface area contributed by atoms with Gasteiger partial charge in [0.2, 0.25) is 0 Å². The average molecular weight is 304 g/mol. The van der Waals surface area contributed by atoms with Crippen LogP contribution in [0.25, 0.3) is 0 Å². The van der Waals surface area contributed by atoms with E-state index in [1.165, 1.54) is 5.56 Å². The lowest BCUT2D eigenvalue weighted by atomic mass is 10.1. The SMILES string of the molecule is IC[C@@H]1CO[C@@H](c2ccccc2)CO1. The fourth-order valence-electron chi connectivity index (χ4n) is 1.49. The van der Waals surface area contributed by atoms with Gasteiger partial charge in [-0.05, 0) is 5.56 Å². The molecule has 1 heterocycles. The number of ether oxygens (including phenoxy) is 2. The molecule has 76 valence electrons. The molecule has 0 aliphatic carbocycles. The Morgan fingerprint density at radius 1 is 1.14 bits per heavy atom. The maximum absolute atomic E-state index is 5.74. The Labute approximate surface area is 97.7 Å². The zero-order valence-electron chi connectivity index (χ0n) is 7.86. The molecule has 1 aromatic carbocycles. The summed E-state index contributed by atoms with van der Waals surface area (Å²) in [4.78, 5) is 0. The van der Waals surface area contributed by atoms with Crippen LogP contribution >= 0.6 is 22.6 Å². The number of hydrogen-bond donors (Lipinski definition) is 0. The maximum Gasteiger partial charge on any atom is 0.106 e.